The van der Waals surface area contributed by atoms with E-state index in [4.69, 9.17) is 16.3 Å². The van der Waals surface area contributed by atoms with Gasteiger partial charge in [0.2, 0.25) is 0 Å². The number of aromatic nitrogens is 2. The topological polar surface area (TPSA) is 82.2 Å². The Morgan fingerprint density at radius 2 is 2.00 bits per heavy atom. The molecule has 0 radical (unpaired) electrons. The predicted molar refractivity (Wildman–Crippen MR) is 112 cm³/mol. The minimum atomic E-state index is -1.19. The fourth-order valence-electron chi connectivity index (χ4n) is 2.37. The molecule has 0 saturated heterocycles. The van der Waals surface area contributed by atoms with E-state index in [0.29, 0.717) is 23.0 Å². The van der Waals surface area contributed by atoms with Crippen molar-refractivity contribution in [1.82, 2.24) is 9.78 Å². The van der Waals surface area contributed by atoms with Gasteiger partial charge in [0.05, 0.1) is 4.92 Å². The number of hydrogen-bond acceptors (Lipinski definition) is 5. The van der Waals surface area contributed by atoms with Crippen LogP contribution in [0, 0.1) is 17.0 Å². The maximum Gasteiger partial charge on any atom is 0.317 e. The minimum absolute atomic E-state index is 0.0158. The van der Waals surface area contributed by atoms with Gasteiger partial charge in [0.25, 0.3) is 0 Å². The van der Waals surface area contributed by atoms with Crippen molar-refractivity contribution in [3.05, 3.63) is 57.0 Å². The number of anilines is 1. The third kappa shape index (κ3) is 6.49. The zero-order chi connectivity index (χ0) is 20.0. The first-order valence-electron chi connectivity index (χ1n) is 8.65. The highest BCUT2D eigenvalue weighted by atomic mass is 35.5. The molecule has 0 atom stereocenters. The minimum Gasteiger partial charge on any atom is -0.362 e. The lowest BCUT2D eigenvalue weighted by atomic mass is 10.3. The molecule has 0 aliphatic rings. The summed E-state index contributed by atoms with van der Waals surface area (Å²) in [6, 6.07) is 8.20. The van der Waals surface area contributed by atoms with Crippen LogP contribution in [0.3, 0.4) is 0 Å². The Morgan fingerprint density at radius 3 is 2.59 bits per heavy atom. The summed E-state index contributed by atoms with van der Waals surface area (Å²) in [6.45, 7) is 9.25. The van der Waals surface area contributed by atoms with Crippen LogP contribution >= 0.6 is 11.6 Å². The number of halogens is 1. The number of nitro groups is 1. The van der Waals surface area contributed by atoms with Crippen LogP contribution in [0.25, 0.3) is 6.08 Å². The molecular formula is C18H25ClN4O3Si. The second-order valence-electron chi connectivity index (χ2n) is 7.41. The highest BCUT2D eigenvalue weighted by Crippen LogP contribution is 2.24. The maximum absolute atomic E-state index is 11.4. The van der Waals surface area contributed by atoms with E-state index in [2.05, 4.69) is 30.1 Å². The summed E-state index contributed by atoms with van der Waals surface area (Å²) in [7, 11) is -1.19. The molecule has 0 unspecified atom stereocenters. The van der Waals surface area contributed by atoms with Gasteiger partial charge < -0.3 is 10.1 Å². The molecule has 0 aliphatic carbocycles. The first-order valence-corrected chi connectivity index (χ1v) is 12.7. The van der Waals surface area contributed by atoms with E-state index in [1.54, 1.807) is 31.3 Å². The van der Waals surface area contributed by atoms with Crippen molar-refractivity contribution in [2.24, 2.45) is 0 Å². The van der Waals surface area contributed by atoms with Crippen LogP contribution < -0.4 is 5.32 Å². The number of nitrogens with one attached hydrogen (secondary N) is 1. The highest BCUT2D eigenvalue weighted by molar-refractivity contribution is 6.76. The lowest BCUT2D eigenvalue weighted by molar-refractivity contribution is -0.385. The summed E-state index contributed by atoms with van der Waals surface area (Å²) < 4.78 is 7.23. The molecule has 146 valence electrons. The summed E-state index contributed by atoms with van der Waals surface area (Å²) in [4.78, 5) is 11.0. The molecule has 0 amide bonds. The molecule has 0 saturated carbocycles. The summed E-state index contributed by atoms with van der Waals surface area (Å²) in [6.07, 6.45) is 3.28. The molecule has 2 rings (SSSR count). The van der Waals surface area contributed by atoms with Crippen molar-refractivity contribution in [2.45, 2.75) is 39.3 Å². The maximum atomic E-state index is 11.4. The standard InChI is InChI=1S/C18H25ClN4O3Si/c1-14-18(23(24)25)17(9-10-20-16-7-5-15(19)6-8-16)22(21-14)13-26-11-12-27(2,3)4/h5-10,20H,11-13H2,1-4H3/b10-9+. The normalized spacial score (nSPS) is 11.9. The quantitative estimate of drug-likeness (QED) is 0.268. The Bertz CT molecular complexity index is 813. The Morgan fingerprint density at radius 1 is 1.33 bits per heavy atom. The third-order valence-corrected chi connectivity index (χ3v) is 5.82. The second-order valence-corrected chi connectivity index (χ2v) is 13.5. The van der Waals surface area contributed by atoms with Crippen LogP contribution in [0.4, 0.5) is 11.4 Å². The van der Waals surface area contributed by atoms with Gasteiger partial charge in [-0.15, -0.1) is 0 Å². The Balaban J connectivity index is 2.12. The van der Waals surface area contributed by atoms with E-state index in [9.17, 15) is 10.1 Å². The largest absolute Gasteiger partial charge is 0.362 e. The van der Waals surface area contributed by atoms with Crippen molar-refractivity contribution in [1.29, 1.82) is 0 Å². The fourth-order valence-corrected chi connectivity index (χ4v) is 3.25. The molecule has 1 N–H and O–H groups in total. The molecule has 2 aromatic rings. The Kier molecular flexibility index (Phi) is 7.17. The lowest BCUT2D eigenvalue weighted by Gasteiger charge is -2.15. The van der Waals surface area contributed by atoms with Crippen LogP contribution in [0.5, 0.6) is 0 Å². The predicted octanol–water partition coefficient (Wildman–Crippen LogP) is 5.15. The average molecular weight is 409 g/mol. The first-order chi connectivity index (χ1) is 12.7. The molecule has 1 aromatic carbocycles. The molecule has 1 aromatic heterocycles. The molecule has 0 fully saturated rings. The van der Waals surface area contributed by atoms with Crippen LogP contribution in [0.1, 0.15) is 11.4 Å². The van der Waals surface area contributed by atoms with Gasteiger partial charge in [-0.25, -0.2) is 4.68 Å². The summed E-state index contributed by atoms with van der Waals surface area (Å²) >= 11 is 5.87. The van der Waals surface area contributed by atoms with Crippen molar-refractivity contribution in [2.75, 3.05) is 11.9 Å². The Labute approximate surface area is 165 Å². The van der Waals surface area contributed by atoms with E-state index in [0.717, 1.165) is 11.7 Å². The van der Waals surface area contributed by atoms with Crippen LogP contribution in [0.15, 0.2) is 30.5 Å². The number of aryl methyl sites for hydroxylation is 1. The monoisotopic (exact) mass is 408 g/mol. The molecule has 0 aliphatic heterocycles. The molecule has 0 spiro atoms. The summed E-state index contributed by atoms with van der Waals surface area (Å²) in [5, 5.41) is 19.4. The van der Waals surface area contributed by atoms with Gasteiger partial charge >= 0.3 is 5.69 Å². The van der Waals surface area contributed by atoms with E-state index in [1.807, 2.05) is 12.1 Å². The number of hydrogen-bond donors (Lipinski definition) is 1. The van der Waals surface area contributed by atoms with Crippen LogP contribution in [-0.2, 0) is 11.5 Å². The molecule has 1 heterocycles. The SMILES string of the molecule is Cc1nn(COCC[Si](C)(C)C)c(/C=C/Nc2ccc(Cl)cc2)c1[N+](=O)[O-]. The first kappa shape index (κ1) is 21.1. The average Bonchev–Trinajstić information content (AvgIpc) is 2.88. The molecular weight excluding hydrogens is 384 g/mol. The number of ether oxygens (including phenoxy) is 1. The lowest BCUT2D eigenvalue weighted by Crippen LogP contribution is -2.22. The summed E-state index contributed by atoms with van der Waals surface area (Å²) in [5.41, 5.74) is 1.57. The summed E-state index contributed by atoms with van der Waals surface area (Å²) in [5.74, 6) is 0. The molecule has 0 bridgehead atoms. The van der Waals surface area contributed by atoms with E-state index >= 15 is 0 Å². The van der Waals surface area contributed by atoms with Crippen molar-refractivity contribution >= 4 is 37.1 Å². The van der Waals surface area contributed by atoms with E-state index < -0.39 is 13.0 Å². The van der Waals surface area contributed by atoms with Crippen molar-refractivity contribution in [3.8, 4) is 0 Å². The molecule has 9 heteroatoms. The molecule has 27 heavy (non-hydrogen) atoms. The van der Waals surface area contributed by atoms with Gasteiger partial charge in [-0.2, -0.15) is 5.10 Å². The van der Waals surface area contributed by atoms with Gasteiger partial charge in [-0.1, -0.05) is 31.2 Å². The van der Waals surface area contributed by atoms with Crippen LogP contribution in [0.2, 0.25) is 30.7 Å². The highest BCUT2D eigenvalue weighted by Gasteiger charge is 2.23. The third-order valence-electron chi connectivity index (χ3n) is 3.86. The van der Waals surface area contributed by atoms with Gasteiger partial charge in [-0.3, -0.25) is 10.1 Å². The fraction of sp³-hybridized carbons (Fsp3) is 0.389. The number of rotatable bonds is 9. The number of nitrogens with zero attached hydrogens (tertiary/aromatic N) is 3. The van der Waals surface area contributed by atoms with Gasteiger partial charge in [0.15, 0.2) is 0 Å². The number of benzene rings is 1. The van der Waals surface area contributed by atoms with Gasteiger partial charge in [0.1, 0.15) is 18.1 Å². The van der Waals surface area contributed by atoms with Crippen molar-refractivity contribution in [3.63, 3.8) is 0 Å². The van der Waals surface area contributed by atoms with Gasteiger partial charge in [-0.05, 0) is 43.3 Å². The molecule has 7 nitrogen and oxygen atoms in total. The zero-order valence-electron chi connectivity index (χ0n) is 16.0. The van der Waals surface area contributed by atoms with Crippen molar-refractivity contribution < 1.29 is 9.66 Å². The van der Waals surface area contributed by atoms with Gasteiger partial charge in [0, 0.05) is 31.6 Å². The Hall–Kier alpha value is -2.16. The second kappa shape index (κ2) is 9.16. The smallest absolute Gasteiger partial charge is 0.317 e. The zero-order valence-corrected chi connectivity index (χ0v) is 17.8. The van der Waals surface area contributed by atoms with Crippen LogP contribution in [-0.4, -0.2) is 29.4 Å². The van der Waals surface area contributed by atoms with E-state index in [-0.39, 0.29) is 12.4 Å². The van der Waals surface area contributed by atoms with E-state index in [1.165, 1.54) is 4.68 Å².